The second kappa shape index (κ2) is 9.10. The molecule has 3 N–H and O–H groups in total. The highest BCUT2D eigenvalue weighted by Gasteiger charge is 2.40. The number of ether oxygens (including phenoxy) is 1. The zero-order chi connectivity index (χ0) is 25.8. The molecule has 37 heavy (non-hydrogen) atoms. The summed E-state index contributed by atoms with van der Waals surface area (Å²) in [6, 6.07) is 2.93. The van der Waals surface area contributed by atoms with Crippen LogP contribution in [0.1, 0.15) is 29.7 Å². The lowest BCUT2D eigenvalue weighted by molar-refractivity contribution is -0.137. The molecule has 3 aromatic rings. The second-order valence-corrected chi connectivity index (χ2v) is 10.4. The number of rotatable bonds is 4. The van der Waals surface area contributed by atoms with Gasteiger partial charge in [-0.15, -0.1) is 5.10 Å². The van der Waals surface area contributed by atoms with Crippen molar-refractivity contribution in [3.63, 3.8) is 0 Å². The highest BCUT2D eigenvalue weighted by atomic mass is 19.4. The number of halogens is 3. The Morgan fingerprint density at radius 3 is 2.49 bits per heavy atom. The summed E-state index contributed by atoms with van der Waals surface area (Å²) >= 11 is 0. The number of pyridine rings is 1. The number of morpholine rings is 1. The van der Waals surface area contributed by atoms with Crippen LogP contribution in [-0.4, -0.2) is 77.0 Å². The molecule has 198 valence electrons. The van der Waals surface area contributed by atoms with Gasteiger partial charge in [0.1, 0.15) is 11.3 Å². The van der Waals surface area contributed by atoms with Crippen LogP contribution in [0, 0.1) is 12.3 Å². The van der Waals surface area contributed by atoms with Crippen LogP contribution < -0.4 is 16.0 Å². The zero-order valence-corrected chi connectivity index (χ0v) is 20.8. The Morgan fingerprint density at radius 2 is 1.84 bits per heavy atom. The van der Waals surface area contributed by atoms with Gasteiger partial charge in [0.25, 0.3) is 0 Å². The topological polar surface area (TPSA) is 96.8 Å². The van der Waals surface area contributed by atoms with E-state index in [-0.39, 0.29) is 17.2 Å². The van der Waals surface area contributed by atoms with Gasteiger partial charge in [0.05, 0.1) is 24.3 Å². The molecule has 0 amide bonds. The lowest BCUT2D eigenvalue weighted by Crippen LogP contribution is -2.58. The predicted molar refractivity (Wildman–Crippen MR) is 133 cm³/mol. The van der Waals surface area contributed by atoms with Gasteiger partial charge in [-0.2, -0.15) is 13.2 Å². The molecule has 0 aliphatic carbocycles. The van der Waals surface area contributed by atoms with Gasteiger partial charge in [-0.25, -0.2) is 14.5 Å². The smallest absolute Gasteiger partial charge is 0.384 e. The molecular weight excluding hydrogens is 485 g/mol. The van der Waals surface area contributed by atoms with Crippen LogP contribution in [0.4, 0.5) is 24.8 Å². The molecule has 0 unspecified atom stereocenters. The van der Waals surface area contributed by atoms with E-state index < -0.39 is 11.7 Å². The minimum absolute atomic E-state index is 0.0311. The summed E-state index contributed by atoms with van der Waals surface area (Å²) in [5.74, 6) is 0.369. The van der Waals surface area contributed by atoms with E-state index in [1.165, 1.54) is 12.8 Å². The first-order valence-electron chi connectivity index (χ1n) is 12.7. The number of anilines is 2. The Bertz CT molecular complexity index is 1300. The molecule has 3 saturated heterocycles. The van der Waals surface area contributed by atoms with Crippen molar-refractivity contribution in [2.24, 2.45) is 5.41 Å². The van der Waals surface area contributed by atoms with Gasteiger partial charge in [0.15, 0.2) is 11.6 Å². The van der Waals surface area contributed by atoms with Crippen LogP contribution in [0.15, 0.2) is 18.3 Å². The second-order valence-electron chi connectivity index (χ2n) is 10.4. The number of aryl methyl sites for hydroxylation is 1. The largest absolute Gasteiger partial charge is 0.417 e. The highest BCUT2D eigenvalue weighted by molar-refractivity contribution is 5.74. The Balaban J connectivity index is 1.41. The molecule has 0 atom stereocenters. The Morgan fingerprint density at radius 1 is 1.11 bits per heavy atom. The van der Waals surface area contributed by atoms with Crippen LogP contribution in [0.5, 0.6) is 0 Å². The zero-order valence-electron chi connectivity index (χ0n) is 20.8. The van der Waals surface area contributed by atoms with Gasteiger partial charge in [-0.05, 0) is 56.0 Å². The lowest BCUT2D eigenvalue weighted by Gasteiger charge is -2.48. The van der Waals surface area contributed by atoms with Crippen molar-refractivity contribution in [3.05, 3.63) is 35.2 Å². The SMILES string of the molecule is Cc1c(CN2CCC3(CC2)CNC3)cc2c(N3CCOCC3)nc(-c3cnc(N)cc3C(F)(F)F)nn12. The monoisotopic (exact) mass is 516 g/mol. The third-order valence-corrected chi connectivity index (χ3v) is 8.05. The predicted octanol–water partition coefficient (Wildman–Crippen LogP) is 2.72. The summed E-state index contributed by atoms with van der Waals surface area (Å²) in [6.07, 6.45) is -1.15. The number of likely N-dealkylation sites (tertiary alicyclic amines) is 1. The number of nitrogens with one attached hydrogen (secondary N) is 1. The highest BCUT2D eigenvalue weighted by Crippen LogP contribution is 2.38. The average molecular weight is 517 g/mol. The summed E-state index contributed by atoms with van der Waals surface area (Å²) in [7, 11) is 0. The van der Waals surface area contributed by atoms with Crippen molar-refractivity contribution in [2.45, 2.75) is 32.5 Å². The summed E-state index contributed by atoms with van der Waals surface area (Å²) in [6.45, 7) is 9.27. The Labute approximate surface area is 212 Å². The number of nitrogens with zero attached hydrogens (tertiary/aromatic N) is 6. The molecule has 6 rings (SSSR count). The van der Waals surface area contributed by atoms with E-state index in [2.05, 4.69) is 36.2 Å². The lowest BCUT2D eigenvalue weighted by atomic mass is 9.73. The van der Waals surface area contributed by atoms with Crippen LogP contribution >= 0.6 is 0 Å². The number of nitrogens with two attached hydrogens (primary N) is 1. The van der Waals surface area contributed by atoms with E-state index >= 15 is 0 Å². The average Bonchev–Trinajstić information content (AvgIpc) is 3.18. The molecule has 6 heterocycles. The normalized spacial score (nSPS) is 20.5. The van der Waals surface area contributed by atoms with E-state index in [4.69, 9.17) is 10.5 Å². The third-order valence-electron chi connectivity index (χ3n) is 8.05. The quantitative estimate of drug-likeness (QED) is 0.547. The molecule has 12 heteroatoms. The number of hydrogen-bond donors (Lipinski definition) is 2. The van der Waals surface area contributed by atoms with E-state index in [1.807, 2.05) is 6.92 Å². The molecule has 3 aliphatic rings. The molecule has 9 nitrogen and oxygen atoms in total. The number of aromatic nitrogens is 4. The van der Waals surface area contributed by atoms with Gasteiger partial charge in [0, 0.05) is 44.6 Å². The maximum atomic E-state index is 13.9. The van der Waals surface area contributed by atoms with E-state index in [0.29, 0.717) is 37.5 Å². The number of alkyl halides is 3. The van der Waals surface area contributed by atoms with E-state index in [9.17, 15) is 13.2 Å². The molecular formula is C25H31F3N8O. The molecule has 3 aliphatic heterocycles. The molecule has 0 aromatic carbocycles. The number of hydrogen-bond acceptors (Lipinski definition) is 8. The molecule has 0 radical (unpaired) electrons. The minimum Gasteiger partial charge on any atom is -0.384 e. The van der Waals surface area contributed by atoms with Crippen LogP contribution in [-0.2, 0) is 17.5 Å². The van der Waals surface area contributed by atoms with Crippen molar-refractivity contribution in [1.82, 2.24) is 29.8 Å². The summed E-state index contributed by atoms with van der Waals surface area (Å²) in [5, 5.41) is 8.01. The Kier molecular flexibility index (Phi) is 6.00. The fraction of sp³-hybridized carbons (Fsp3) is 0.560. The first kappa shape index (κ1) is 24.4. The molecule has 0 saturated carbocycles. The summed E-state index contributed by atoms with van der Waals surface area (Å²) in [5.41, 5.74) is 7.76. The number of piperidine rings is 1. The first-order valence-corrected chi connectivity index (χ1v) is 12.7. The Hall–Kier alpha value is -2.96. The van der Waals surface area contributed by atoms with Gasteiger partial charge in [-0.3, -0.25) is 4.90 Å². The molecule has 3 aromatic heterocycles. The van der Waals surface area contributed by atoms with Gasteiger partial charge in [0.2, 0.25) is 0 Å². The van der Waals surface area contributed by atoms with E-state index in [1.54, 1.807) is 4.52 Å². The standard InChI is InChI=1S/C25H31F3N8O/c1-16-17(13-34-4-2-24(3-5-34)14-30-15-24)10-20-23(35-6-8-37-9-7-35)32-22(33-36(16)20)18-12-31-21(29)11-19(18)25(26,27)28/h10-12,30H,2-9,13-15H2,1H3,(H2,29,31). The van der Waals surface area contributed by atoms with Gasteiger partial charge >= 0.3 is 6.18 Å². The first-order chi connectivity index (χ1) is 17.7. The van der Waals surface area contributed by atoms with Crippen LogP contribution in [0.25, 0.3) is 16.9 Å². The van der Waals surface area contributed by atoms with Crippen LogP contribution in [0.3, 0.4) is 0 Å². The molecule has 1 spiro atoms. The number of fused-ring (bicyclic) bond motifs is 1. The fourth-order valence-corrected chi connectivity index (χ4v) is 5.63. The van der Waals surface area contributed by atoms with Gasteiger partial charge < -0.3 is 20.7 Å². The van der Waals surface area contributed by atoms with Crippen molar-refractivity contribution in [3.8, 4) is 11.4 Å². The molecule has 0 bridgehead atoms. The maximum absolute atomic E-state index is 13.9. The number of nitrogen functional groups attached to an aromatic ring is 1. The van der Waals surface area contributed by atoms with Gasteiger partial charge in [-0.1, -0.05) is 0 Å². The van der Waals surface area contributed by atoms with Crippen molar-refractivity contribution in [2.75, 3.05) is 63.1 Å². The van der Waals surface area contributed by atoms with E-state index in [0.717, 1.165) is 61.8 Å². The van der Waals surface area contributed by atoms with Crippen molar-refractivity contribution >= 4 is 17.2 Å². The summed E-state index contributed by atoms with van der Waals surface area (Å²) in [4.78, 5) is 13.1. The van der Waals surface area contributed by atoms with Crippen molar-refractivity contribution < 1.29 is 17.9 Å². The maximum Gasteiger partial charge on any atom is 0.417 e. The minimum atomic E-state index is -4.62. The van der Waals surface area contributed by atoms with Crippen LogP contribution in [0.2, 0.25) is 0 Å². The fourth-order valence-electron chi connectivity index (χ4n) is 5.63. The molecule has 3 fully saturated rings. The third kappa shape index (κ3) is 4.51. The van der Waals surface area contributed by atoms with Crippen molar-refractivity contribution in [1.29, 1.82) is 0 Å². The summed E-state index contributed by atoms with van der Waals surface area (Å²) < 4.78 is 49.0.